The summed E-state index contributed by atoms with van der Waals surface area (Å²) < 4.78 is 5.52. The van der Waals surface area contributed by atoms with Crippen molar-refractivity contribution in [2.45, 2.75) is 32.2 Å². The highest BCUT2D eigenvalue weighted by atomic mass is 16.5. The zero-order valence-corrected chi connectivity index (χ0v) is 15.6. The van der Waals surface area contributed by atoms with Crippen molar-refractivity contribution >= 4 is 16.7 Å². The molecule has 4 heterocycles. The third-order valence-electron chi connectivity index (χ3n) is 6.16. The quantitative estimate of drug-likeness (QED) is 0.586. The van der Waals surface area contributed by atoms with E-state index in [1.165, 1.54) is 43.4 Å². The molecule has 1 N–H and O–H groups in total. The molecule has 2 aliphatic rings. The van der Waals surface area contributed by atoms with E-state index >= 15 is 0 Å². The number of H-pyrrole nitrogens is 1. The summed E-state index contributed by atoms with van der Waals surface area (Å²) in [4.78, 5) is 18.8. The standard InChI is InChI=1S/C21H20N6O/c1-12-8-14(3-5-17(12)27-10-13-2-4-15(27)9-13)19-25-21(28-26-19)18-16-6-7-22-20(16)24-11-23-18/h3,5-8,11,13,15H,2,4,9-10H2,1H3,(H,22,23,24). The number of hydrogen-bond acceptors (Lipinski definition) is 6. The maximum absolute atomic E-state index is 5.52. The van der Waals surface area contributed by atoms with Gasteiger partial charge in [-0.05, 0) is 61.9 Å². The van der Waals surface area contributed by atoms with Gasteiger partial charge in [0.05, 0.1) is 5.39 Å². The molecule has 1 aliphatic carbocycles. The molecule has 0 amide bonds. The fourth-order valence-corrected chi connectivity index (χ4v) is 4.82. The summed E-state index contributed by atoms with van der Waals surface area (Å²) >= 11 is 0. The predicted molar refractivity (Wildman–Crippen MR) is 106 cm³/mol. The van der Waals surface area contributed by atoms with Crippen LogP contribution in [0.1, 0.15) is 24.8 Å². The number of aryl methyl sites for hydroxylation is 1. The molecule has 7 heteroatoms. The second kappa shape index (κ2) is 5.89. The van der Waals surface area contributed by atoms with E-state index in [4.69, 9.17) is 4.52 Å². The normalized spacial score (nSPS) is 21.1. The molecular formula is C21H20N6O. The van der Waals surface area contributed by atoms with E-state index in [2.05, 4.69) is 55.1 Å². The molecule has 2 bridgehead atoms. The predicted octanol–water partition coefficient (Wildman–Crippen LogP) is 3.97. The van der Waals surface area contributed by atoms with Gasteiger partial charge in [-0.25, -0.2) is 9.97 Å². The zero-order valence-electron chi connectivity index (χ0n) is 15.6. The van der Waals surface area contributed by atoms with E-state index in [-0.39, 0.29) is 0 Å². The maximum Gasteiger partial charge on any atom is 0.277 e. The topological polar surface area (TPSA) is 83.7 Å². The van der Waals surface area contributed by atoms with Crippen molar-refractivity contribution in [1.82, 2.24) is 25.1 Å². The molecule has 3 aromatic heterocycles. The summed E-state index contributed by atoms with van der Waals surface area (Å²) in [6.45, 7) is 3.36. The van der Waals surface area contributed by atoms with Gasteiger partial charge in [0.2, 0.25) is 5.82 Å². The minimum Gasteiger partial charge on any atom is -0.368 e. The van der Waals surface area contributed by atoms with Crippen molar-refractivity contribution in [2.75, 3.05) is 11.4 Å². The number of rotatable bonds is 3. The summed E-state index contributed by atoms with van der Waals surface area (Å²) in [7, 11) is 0. The molecule has 2 atom stereocenters. The minimum absolute atomic E-state index is 0.403. The highest BCUT2D eigenvalue weighted by Crippen LogP contribution is 2.41. The largest absolute Gasteiger partial charge is 0.368 e. The number of nitrogens with one attached hydrogen (secondary N) is 1. The van der Waals surface area contributed by atoms with Crippen molar-refractivity contribution in [3.63, 3.8) is 0 Å². The van der Waals surface area contributed by atoms with Crippen LogP contribution in [0.25, 0.3) is 34.0 Å². The Morgan fingerprint density at radius 1 is 1.18 bits per heavy atom. The second-order valence-electron chi connectivity index (χ2n) is 7.87. The highest BCUT2D eigenvalue weighted by molar-refractivity contribution is 5.88. The SMILES string of the molecule is Cc1cc(-c2noc(-c3ncnc4[nH]ccc34)n2)ccc1N1CC2CCC1C2. The van der Waals surface area contributed by atoms with Crippen molar-refractivity contribution in [3.05, 3.63) is 42.4 Å². The smallest absolute Gasteiger partial charge is 0.277 e. The molecule has 0 spiro atoms. The average molecular weight is 372 g/mol. The number of fused-ring (bicyclic) bond motifs is 3. The Bertz CT molecular complexity index is 1180. The Hall–Kier alpha value is -3.22. The van der Waals surface area contributed by atoms with E-state index in [9.17, 15) is 0 Å². The van der Waals surface area contributed by atoms with Crippen LogP contribution in [0.5, 0.6) is 0 Å². The first kappa shape index (κ1) is 15.8. The third-order valence-corrected chi connectivity index (χ3v) is 6.16. The number of aromatic nitrogens is 5. The first-order valence-electron chi connectivity index (χ1n) is 9.76. The molecule has 7 nitrogen and oxygen atoms in total. The summed E-state index contributed by atoms with van der Waals surface area (Å²) in [6.07, 6.45) is 7.39. The fraction of sp³-hybridized carbons (Fsp3) is 0.333. The van der Waals surface area contributed by atoms with Crippen molar-refractivity contribution < 1.29 is 4.52 Å². The highest BCUT2D eigenvalue weighted by Gasteiger charge is 2.38. The Morgan fingerprint density at radius 2 is 2.14 bits per heavy atom. The summed E-state index contributed by atoms with van der Waals surface area (Å²) in [5.41, 5.74) is 4.95. The van der Waals surface area contributed by atoms with Gasteiger partial charge in [0.25, 0.3) is 5.89 Å². The lowest BCUT2D eigenvalue weighted by Gasteiger charge is -2.30. The third kappa shape index (κ3) is 2.35. The fourth-order valence-electron chi connectivity index (χ4n) is 4.82. The van der Waals surface area contributed by atoms with Gasteiger partial charge in [-0.15, -0.1) is 0 Å². The Balaban J connectivity index is 1.34. The zero-order chi connectivity index (χ0) is 18.7. The lowest BCUT2D eigenvalue weighted by atomic mass is 10.1. The van der Waals surface area contributed by atoms with Gasteiger partial charge in [0, 0.05) is 30.0 Å². The molecule has 1 saturated carbocycles. The number of aromatic amines is 1. The molecule has 4 aromatic rings. The number of anilines is 1. The van der Waals surface area contributed by atoms with Crippen LogP contribution in [0.3, 0.4) is 0 Å². The van der Waals surface area contributed by atoms with Gasteiger partial charge in [-0.1, -0.05) is 5.16 Å². The van der Waals surface area contributed by atoms with E-state index in [0.29, 0.717) is 23.5 Å². The van der Waals surface area contributed by atoms with E-state index < -0.39 is 0 Å². The first-order valence-corrected chi connectivity index (χ1v) is 9.76. The number of hydrogen-bond donors (Lipinski definition) is 1. The summed E-state index contributed by atoms with van der Waals surface area (Å²) in [5, 5.41) is 5.06. The molecule has 140 valence electrons. The van der Waals surface area contributed by atoms with Gasteiger partial charge >= 0.3 is 0 Å². The number of piperidine rings is 1. The first-order chi connectivity index (χ1) is 13.8. The maximum atomic E-state index is 5.52. The van der Waals surface area contributed by atoms with Crippen LogP contribution in [-0.2, 0) is 0 Å². The van der Waals surface area contributed by atoms with Crippen LogP contribution < -0.4 is 4.90 Å². The Morgan fingerprint density at radius 3 is 2.96 bits per heavy atom. The molecular weight excluding hydrogens is 352 g/mol. The summed E-state index contributed by atoms with van der Waals surface area (Å²) in [6, 6.07) is 9.08. The van der Waals surface area contributed by atoms with Crippen molar-refractivity contribution in [1.29, 1.82) is 0 Å². The van der Waals surface area contributed by atoms with Crippen LogP contribution in [0, 0.1) is 12.8 Å². The van der Waals surface area contributed by atoms with Crippen LogP contribution in [0.15, 0.2) is 41.3 Å². The van der Waals surface area contributed by atoms with Gasteiger partial charge in [0.1, 0.15) is 17.7 Å². The molecule has 2 unspecified atom stereocenters. The molecule has 1 aromatic carbocycles. The minimum atomic E-state index is 0.403. The van der Waals surface area contributed by atoms with Gasteiger partial charge in [-0.2, -0.15) is 4.98 Å². The van der Waals surface area contributed by atoms with Crippen molar-refractivity contribution in [3.8, 4) is 23.0 Å². The van der Waals surface area contributed by atoms with E-state index in [1.54, 1.807) is 0 Å². The van der Waals surface area contributed by atoms with Crippen LogP contribution in [0.2, 0.25) is 0 Å². The Labute approximate surface area is 161 Å². The Kier molecular flexibility index (Phi) is 3.32. The van der Waals surface area contributed by atoms with Gasteiger partial charge in [-0.3, -0.25) is 0 Å². The molecule has 6 rings (SSSR count). The van der Waals surface area contributed by atoms with E-state index in [0.717, 1.165) is 22.5 Å². The second-order valence-corrected chi connectivity index (χ2v) is 7.87. The number of benzene rings is 1. The van der Waals surface area contributed by atoms with Crippen LogP contribution in [-0.4, -0.2) is 37.7 Å². The van der Waals surface area contributed by atoms with Gasteiger partial charge < -0.3 is 14.4 Å². The lowest BCUT2D eigenvalue weighted by Crippen LogP contribution is -2.32. The van der Waals surface area contributed by atoms with Gasteiger partial charge in [0.15, 0.2) is 0 Å². The monoisotopic (exact) mass is 372 g/mol. The van der Waals surface area contributed by atoms with Crippen molar-refractivity contribution in [2.24, 2.45) is 5.92 Å². The lowest BCUT2D eigenvalue weighted by molar-refractivity contribution is 0.431. The van der Waals surface area contributed by atoms with Crippen LogP contribution in [0.4, 0.5) is 5.69 Å². The average Bonchev–Trinajstić information content (AvgIpc) is 3.51. The number of nitrogens with zero attached hydrogens (tertiary/aromatic N) is 5. The molecule has 1 saturated heterocycles. The van der Waals surface area contributed by atoms with E-state index in [1.807, 2.05) is 12.3 Å². The van der Waals surface area contributed by atoms with Crippen LogP contribution >= 0.6 is 0 Å². The molecule has 0 radical (unpaired) electrons. The molecule has 2 fully saturated rings. The molecule has 28 heavy (non-hydrogen) atoms. The molecule has 1 aliphatic heterocycles. The summed E-state index contributed by atoms with van der Waals surface area (Å²) in [5.74, 6) is 1.86.